The van der Waals surface area contributed by atoms with Crippen LogP contribution in [0.2, 0.25) is 18.1 Å². The highest BCUT2D eigenvalue weighted by Gasteiger charge is 2.43. The number of hydrogen-bond donors (Lipinski definition) is 2. The van der Waals surface area contributed by atoms with E-state index in [1.807, 2.05) is 0 Å². The molecule has 3 aliphatic rings. The van der Waals surface area contributed by atoms with Crippen LogP contribution in [0, 0.1) is 11.3 Å². The van der Waals surface area contributed by atoms with Gasteiger partial charge in [-0.2, -0.15) is 15.2 Å². The van der Waals surface area contributed by atoms with Crippen molar-refractivity contribution in [2.75, 3.05) is 55.7 Å². The number of piperazine rings is 1. The first kappa shape index (κ1) is 32.7. The van der Waals surface area contributed by atoms with Crippen LogP contribution >= 0.6 is 0 Å². The molecule has 3 aromatic rings. The van der Waals surface area contributed by atoms with Gasteiger partial charge < -0.3 is 25.0 Å². The second-order valence-electron chi connectivity index (χ2n) is 15.0. The van der Waals surface area contributed by atoms with Gasteiger partial charge in [-0.25, -0.2) is 0 Å². The van der Waals surface area contributed by atoms with E-state index in [-0.39, 0.29) is 22.8 Å². The molecule has 4 heterocycles. The van der Waals surface area contributed by atoms with Crippen molar-refractivity contribution in [2.24, 2.45) is 0 Å². The standard InChI is InChI=1S/C36H51N7O2Si/c1-36(2,3)46(4,5)33(44)24-41-19-9-12-28(41)25-45-35-39-31-23-42(32-14-8-11-26-10-6-7-13-29(26)32)20-16-30(31)34(40-35)43-21-18-38-27(22-43)15-17-37/h6-8,10-11,13-14,27-28,33,38,44H,9,12,15-16,18-25H2,1-5H3/t27?,28-,33?/m1/s1. The van der Waals surface area contributed by atoms with Crippen LogP contribution in [0.1, 0.15) is 51.3 Å². The number of β-amino-alcohol motifs (C(OH)–C–C–N with tert-alkyl or cyclic N) is 1. The van der Waals surface area contributed by atoms with Crippen LogP contribution in [0.3, 0.4) is 0 Å². The Bertz CT molecular complexity index is 1560. The molecule has 0 saturated carbocycles. The van der Waals surface area contributed by atoms with E-state index in [0.29, 0.717) is 32.1 Å². The van der Waals surface area contributed by atoms with Crippen molar-refractivity contribution in [2.45, 2.75) is 88.9 Å². The van der Waals surface area contributed by atoms with E-state index in [1.165, 1.54) is 22.0 Å². The summed E-state index contributed by atoms with van der Waals surface area (Å²) >= 11 is 0. The van der Waals surface area contributed by atoms with E-state index in [0.717, 1.165) is 63.5 Å². The number of nitrogens with one attached hydrogen (secondary N) is 1. The molecule has 0 spiro atoms. The van der Waals surface area contributed by atoms with Gasteiger partial charge in [0.15, 0.2) is 0 Å². The lowest BCUT2D eigenvalue weighted by Gasteiger charge is -2.42. The number of aromatic nitrogens is 2. The molecule has 0 bridgehead atoms. The average Bonchev–Trinajstić information content (AvgIpc) is 3.49. The minimum absolute atomic E-state index is 0.115. The molecule has 9 nitrogen and oxygen atoms in total. The smallest absolute Gasteiger partial charge is 0.318 e. The summed E-state index contributed by atoms with van der Waals surface area (Å²) in [5.41, 5.74) is 3.14. The second-order valence-corrected chi connectivity index (χ2v) is 20.6. The van der Waals surface area contributed by atoms with Gasteiger partial charge in [-0.15, -0.1) is 0 Å². The van der Waals surface area contributed by atoms with Crippen LogP contribution < -0.4 is 19.9 Å². The van der Waals surface area contributed by atoms with Crippen LogP contribution in [-0.4, -0.2) is 91.7 Å². The number of benzene rings is 2. The molecule has 246 valence electrons. The summed E-state index contributed by atoms with van der Waals surface area (Å²) in [5, 5.41) is 26.8. The number of fused-ring (bicyclic) bond motifs is 2. The first-order valence-electron chi connectivity index (χ1n) is 17.1. The minimum atomic E-state index is -1.89. The molecular formula is C36H51N7O2Si. The number of aliphatic hydroxyl groups excluding tert-OH is 1. The lowest BCUT2D eigenvalue weighted by atomic mass is 10.0. The van der Waals surface area contributed by atoms with Gasteiger partial charge in [0, 0.05) is 61.4 Å². The average molecular weight is 642 g/mol. The highest BCUT2D eigenvalue weighted by molar-refractivity contribution is 6.81. The maximum Gasteiger partial charge on any atom is 0.318 e. The Labute approximate surface area is 275 Å². The first-order valence-corrected chi connectivity index (χ1v) is 20.2. The van der Waals surface area contributed by atoms with Crippen molar-refractivity contribution in [3.63, 3.8) is 0 Å². The number of nitriles is 1. The third-order valence-electron chi connectivity index (χ3n) is 11.1. The maximum atomic E-state index is 11.4. The molecule has 2 aromatic carbocycles. The summed E-state index contributed by atoms with van der Waals surface area (Å²) in [6.07, 6.45) is 3.48. The molecule has 1 aromatic heterocycles. The zero-order chi connectivity index (χ0) is 32.5. The molecule has 2 saturated heterocycles. The quantitative estimate of drug-likeness (QED) is 0.308. The first-order chi connectivity index (χ1) is 22.0. The number of anilines is 2. The van der Waals surface area contributed by atoms with Gasteiger partial charge in [0.2, 0.25) is 0 Å². The molecule has 46 heavy (non-hydrogen) atoms. The van der Waals surface area contributed by atoms with Gasteiger partial charge >= 0.3 is 6.01 Å². The maximum absolute atomic E-state index is 11.4. The van der Waals surface area contributed by atoms with E-state index in [4.69, 9.17) is 14.7 Å². The second kappa shape index (κ2) is 13.5. The van der Waals surface area contributed by atoms with Gasteiger partial charge in [0.05, 0.1) is 38.5 Å². The van der Waals surface area contributed by atoms with Gasteiger partial charge in [0.1, 0.15) is 12.4 Å². The number of hydrogen-bond acceptors (Lipinski definition) is 9. The molecule has 0 aliphatic carbocycles. The van der Waals surface area contributed by atoms with Gasteiger partial charge in [-0.3, -0.25) is 4.90 Å². The largest absolute Gasteiger partial charge is 0.462 e. The van der Waals surface area contributed by atoms with E-state index < -0.39 is 8.07 Å². The van der Waals surface area contributed by atoms with E-state index in [2.05, 4.69) is 102 Å². The summed E-state index contributed by atoms with van der Waals surface area (Å²) in [4.78, 5) is 17.3. The van der Waals surface area contributed by atoms with Gasteiger partial charge in [-0.1, -0.05) is 70.3 Å². The fourth-order valence-electron chi connectivity index (χ4n) is 7.11. The summed E-state index contributed by atoms with van der Waals surface area (Å²) < 4.78 is 6.49. The highest BCUT2D eigenvalue weighted by atomic mass is 28.3. The Morgan fingerprint density at radius 1 is 1.09 bits per heavy atom. The van der Waals surface area contributed by atoms with Crippen molar-refractivity contribution in [1.29, 1.82) is 5.26 Å². The molecule has 3 atom stereocenters. The van der Waals surface area contributed by atoms with Crippen LogP contribution in [0.4, 0.5) is 11.5 Å². The number of ether oxygens (including phenoxy) is 1. The SMILES string of the molecule is CC(C)(C)[Si](C)(C)C(O)CN1CCC[C@@H]1COc1nc2c(c(N3CCNC(CC#N)C3)n1)CCN(c1cccc3ccccc13)C2. The van der Waals surface area contributed by atoms with Crippen molar-refractivity contribution in [1.82, 2.24) is 20.2 Å². The Balaban J connectivity index is 1.25. The summed E-state index contributed by atoms with van der Waals surface area (Å²) in [5.74, 6) is 0.957. The molecule has 2 unspecified atom stereocenters. The number of likely N-dealkylation sites (tertiary alicyclic amines) is 1. The molecule has 6 rings (SSSR count). The lowest BCUT2D eigenvalue weighted by molar-refractivity contribution is 0.118. The summed E-state index contributed by atoms with van der Waals surface area (Å²) in [6, 6.07) is 18.2. The van der Waals surface area contributed by atoms with Crippen molar-refractivity contribution < 1.29 is 9.84 Å². The number of aliphatic hydroxyl groups is 1. The molecule has 2 fully saturated rings. The highest BCUT2D eigenvalue weighted by Crippen LogP contribution is 2.39. The van der Waals surface area contributed by atoms with Crippen molar-refractivity contribution in [3.8, 4) is 12.1 Å². The lowest BCUT2D eigenvalue weighted by Crippen LogP contribution is -2.55. The fourth-order valence-corrected chi connectivity index (χ4v) is 8.80. The zero-order valence-electron chi connectivity index (χ0n) is 28.3. The zero-order valence-corrected chi connectivity index (χ0v) is 29.3. The topological polar surface area (TPSA) is 101 Å². The van der Waals surface area contributed by atoms with Crippen LogP contribution in [-0.2, 0) is 13.0 Å². The summed E-state index contributed by atoms with van der Waals surface area (Å²) in [6.45, 7) is 17.6. The Kier molecular flexibility index (Phi) is 9.58. The van der Waals surface area contributed by atoms with E-state index in [1.54, 1.807) is 0 Å². The fraction of sp³-hybridized carbons (Fsp3) is 0.583. The Hall–Kier alpha value is -3.23. The van der Waals surface area contributed by atoms with Crippen molar-refractivity contribution >= 4 is 30.4 Å². The predicted molar refractivity (Wildman–Crippen MR) is 188 cm³/mol. The van der Waals surface area contributed by atoms with E-state index in [9.17, 15) is 10.4 Å². The van der Waals surface area contributed by atoms with Crippen LogP contribution in [0.15, 0.2) is 42.5 Å². The predicted octanol–water partition coefficient (Wildman–Crippen LogP) is 5.14. The van der Waals surface area contributed by atoms with Gasteiger partial charge in [-0.05, 0) is 42.3 Å². The monoisotopic (exact) mass is 641 g/mol. The molecule has 3 aliphatic heterocycles. The minimum Gasteiger partial charge on any atom is -0.462 e. The number of nitrogens with zero attached hydrogens (tertiary/aromatic N) is 6. The van der Waals surface area contributed by atoms with Crippen LogP contribution in [0.25, 0.3) is 10.8 Å². The normalized spacial score (nSPS) is 21.7. The Morgan fingerprint density at radius 2 is 1.89 bits per heavy atom. The number of rotatable bonds is 9. The van der Waals surface area contributed by atoms with Crippen LogP contribution in [0.5, 0.6) is 6.01 Å². The van der Waals surface area contributed by atoms with E-state index >= 15 is 0 Å². The Morgan fingerprint density at radius 3 is 2.70 bits per heavy atom. The molecule has 10 heteroatoms. The third kappa shape index (κ3) is 6.74. The van der Waals surface area contributed by atoms with Crippen molar-refractivity contribution in [3.05, 3.63) is 53.7 Å². The molecule has 2 N–H and O–H groups in total. The summed E-state index contributed by atoms with van der Waals surface area (Å²) in [7, 11) is -1.89. The van der Waals surface area contributed by atoms with Gasteiger partial charge in [0.25, 0.3) is 0 Å². The molecule has 0 amide bonds. The third-order valence-corrected chi connectivity index (χ3v) is 16.8. The molecule has 0 radical (unpaired) electrons. The molecular weight excluding hydrogens is 591 g/mol.